The molecule has 4 heteroatoms. The largest absolute Gasteiger partial charge is 0.465 e. The second kappa shape index (κ2) is 4.40. The van der Waals surface area contributed by atoms with E-state index in [1.165, 1.54) is 0 Å². The van der Waals surface area contributed by atoms with E-state index in [0.29, 0.717) is 19.4 Å². The molecular weight excluding hydrogens is 172 g/mol. The molecule has 1 saturated heterocycles. The molecule has 0 saturated carbocycles. The molecule has 0 bridgehead atoms. The van der Waals surface area contributed by atoms with Crippen molar-refractivity contribution in [3.8, 4) is 0 Å². The van der Waals surface area contributed by atoms with Gasteiger partial charge >= 0.3 is 5.97 Å². The summed E-state index contributed by atoms with van der Waals surface area (Å²) in [5.74, 6) is -0.701. The minimum atomic E-state index is -0.443. The van der Waals surface area contributed by atoms with Gasteiger partial charge in [0.2, 0.25) is 0 Å². The molecule has 0 aromatic heterocycles. The normalized spacial score (nSPS) is 22.4. The van der Waals surface area contributed by atoms with E-state index in [-0.39, 0.29) is 11.8 Å². The minimum Gasteiger partial charge on any atom is -0.465 e. The third kappa shape index (κ3) is 2.17. The molecule has 2 radical (unpaired) electrons. The summed E-state index contributed by atoms with van der Waals surface area (Å²) in [6.07, 6.45) is 1.12. The Morgan fingerprint density at radius 3 is 3.00 bits per heavy atom. The molecule has 0 N–H and O–H groups in total. The van der Waals surface area contributed by atoms with Crippen LogP contribution in [0.1, 0.15) is 12.8 Å². The average molecular weight is 184 g/mol. The molecule has 0 spiro atoms. The summed E-state index contributed by atoms with van der Waals surface area (Å²) in [5, 5.41) is 0. The molecule has 0 aromatic rings. The first-order valence-corrected chi connectivity index (χ1v) is 5.80. The van der Waals surface area contributed by atoms with Crippen LogP contribution in [0.4, 0.5) is 0 Å². The first kappa shape index (κ1) is 9.44. The molecule has 0 aliphatic carbocycles. The van der Waals surface area contributed by atoms with Gasteiger partial charge in [-0.1, -0.05) is 12.6 Å². The van der Waals surface area contributed by atoms with Gasteiger partial charge in [-0.3, -0.25) is 9.59 Å². The van der Waals surface area contributed by atoms with Crippen molar-refractivity contribution < 1.29 is 14.3 Å². The van der Waals surface area contributed by atoms with Crippen LogP contribution in [-0.4, -0.2) is 27.9 Å². The van der Waals surface area contributed by atoms with Gasteiger partial charge < -0.3 is 4.74 Å². The number of ether oxygens (including phenoxy) is 1. The van der Waals surface area contributed by atoms with Crippen LogP contribution < -0.4 is 0 Å². The highest BCUT2D eigenvalue weighted by atomic mass is 28.2. The van der Waals surface area contributed by atoms with E-state index < -0.39 is 5.92 Å². The molecule has 1 unspecified atom stereocenters. The van der Waals surface area contributed by atoms with E-state index in [1.54, 1.807) is 0 Å². The van der Waals surface area contributed by atoms with Crippen molar-refractivity contribution in [2.45, 2.75) is 25.4 Å². The van der Waals surface area contributed by atoms with Crippen LogP contribution in [-0.2, 0) is 14.3 Å². The Hall–Kier alpha value is -0.643. The van der Waals surface area contributed by atoms with Gasteiger partial charge in [0.05, 0.1) is 6.61 Å². The Morgan fingerprint density at radius 1 is 1.75 bits per heavy atom. The summed E-state index contributed by atoms with van der Waals surface area (Å²) in [6.45, 7) is 2.48. The lowest BCUT2D eigenvalue weighted by atomic mass is 10.0. The smallest absolute Gasteiger partial charge is 0.316 e. The molecule has 3 nitrogen and oxygen atoms in total. The van der Waals surface area contributed by atoms with Gasteiger partial charge in [-0.2, -0.15) is 0 Å². The van der Waals surface area contributed by atoms with Crippen LogP contribution in [0.5, 0.6) is 0 Å². The maximum Gasteiger partial charge on any atom is 0.316 e. The highest BCUT2D eigenvalue weighted by molar-refractivity contribution is 6.34. The highest BCUT2D eigenvalue weighted by Gasteiger charge is 2.32. The SMILES string of the molecule is C[Si]CCC(=O)C1CCOC1=O. The van der Waals surface area contributed by atoms with Gasteiger partial charge in [-0.15, -0.1) is 0 Å². The van der Waals surface area contributed by atoms with Crippen molar-refractivity contribution in [3.05, 3.63) is 0 Å². The standard InChI is InChI=1S/C8H12O3Si/c1-12-5-3-7(9)6-2-4-11-8(6)10/h6H,2-5H2,1H3. The Bertz CT molecular complexity index is 191. The zero-order valence-electron chi connectivity index (χ0n) is 7.13. The van der Waals surface area contributed by atoms with Crippen LogP contribution in [0.15, 0.2) is 0 Å². The van der Waals surface area contributed by atoms with Gasteiger partial charge in [0, 0.05) is 22.4 Å². The van der Waals surface area contributed by atoms with Gasteiger partial charge in [0.25, 0.3) is 0 Å². The molecule has 1 aliphatic rings. The fourth-order valence-corrected chi connectivity index (χ4v) is 1.71. The molecule has 1 heterocycles. The lowest BCUT2D eigenvalue weighted by molar-refractivity contribution is -0.144. The molecule has 1 rings (SSSR count). The number of rotatable bonds is 4. The van der Waals surface area contributed by atoms with Gasteiger partial charge in [-0.05, 0) is 0 Å². The lowest BCUT2D eigenvalue weighted by Gasteiger charge is -2.02. The fraction of sp³-hybridized carbons (Fsp3) is 0.750. The fourth-order valence-electron chi connectivity index (χ4n) is 1.21. The van der Waals surface area contributed by atoms with Crippen molar-refractivity contribution in [2.24, 2.45) is 5.92 Å². The first-order chi connectivity index (χ1) is 5.75. The lowest BCUT2D eigenvalue weighted by Crippen LogP contribution is -2.19. The second-order valence-corrected chi connectivity index (χ2v) is 4.04. The average Bonchev–Trinajstić information content (AvgIpc) is 2.47. The number of hydrogen-bond donors (Lipinski definition) is 0. The van der Waals surface area contributed by atoms with Gasteiger partial charge in [-0.25, -0.2) is 0 Å². The van der Waals surface area contributed by atoms with E-state index in [9.17, 15) is 9.59 Å². The van der Waals surface area contributed by atoms with E-state index in [1.807, 2.05) is 0 Å². The zero-order valence-corrected chi connectivity index (χ0v) is 8.13. The quantitative estimate of drug-likeness (QED) is 0.366. The number of carbonyl (C=O) groups excluding carboxylic acids is 2. The minimum absolute atomic E-state index is 0.0619. The molecule has 1 atom stereocenters. The summed E-state index contributed by atoms with van der Waals surface area (Å²) >= 11 is 0. The van der Waals surface area contributed by atoms with E-state index in [2.05, 4.69) is 6.55 Å². The molecule has 1 fully saturated rings. The molecule has 0 aromatic carbocycles. The van der Waals surface area contributed by atoms with Gasteiger partial charge in [0.1, 0.15) is 11.7 Å². The van der Waals surface area contributed by atoms with E-state index in [0.717, 1.165) is 15.6 Å². The van der Waals surface area contributed by atoms with E-state index in [4.69, 9.17) is 4.74 Å². The Morgan fingerprint density at radius 2 is 2.50 bits per heavy atom. The monoisotopic (exact) mass is 184 g/mol. The molecule has 1 aliphatic heterocycles. The number of Topliss-reactive ketones (excluding diaryl/α,β-unsaturated/α-hetero) is 1. The van der Waals surface area contributed by atoms with Crippen LogP contribution in [0.25, 0.3) is 0 Å². The van der Waals surface area contributed by atoms with Crippen LogP contribution in [0.2, 0.25) is 12.6 Å². The Kier molecular flexibility index (Phi) is 3.46. The van der Waals surface area contributed by atoms with Crippen molar-refractivity contribution >= 4 is 21.3 Å². The first-order valence-electron chi connectivity index (χ1n) is 4.09. The predicted octanol–water partition coefficient (Wildman–Crippen LogP) is 0.679. The summed E-state index contributed by atoms with van der Waals surface area (Å²) in [7, 11) is 0.786. The number of ketones is 1. The molecule has 12 heavy (non-hydrogen) atoms. The third-order valence-electron chi connectivity index (χ3n) is 1.95. The van der Waals surface area contributed by atoms with E-state index >= 15 is 0 Å². The summed E-state index contributed by atoms with van der Waals surface area (Å²) in [6, 6.07) is 0.905. The molecular formula is C8H12O3Si. The molecule has 0 amide bonds. The number of hydrogen-bond acceptors (Lipinski definition) is 3. The number of cyclic esters (lactones) is 1. The van der Waals surface area contributed by atoms with Crippen LogP contribution in [0.3, 0.4) is 0 Å². The summed E-state index contributed by atoms with van der Waals surface area (Å²) in [5.41, 5.74) is 0. The zero-order chi connectivity index (χ0) is 8.97. The second-order valence-electron chi connectivity index (χ2n) is 2.83. The third-order valence-corrected chi connectivity index (χ3v) is 2.70. The van der Waals surface area contributed by atoms with Crippen molar-refractivity contribution in [1.82, 2.24) is 0 Å². The van der Waals surface area contributed by atoms with Crippen LogP contribution >= 0.6 is 0 Å². The topological polar surface area (TPSA) is 43.4 Å². The van der Waals surface area contributed by atoms with Crippen molar-refractivity contribution in [1.29, 1.82) is 0 Å². The summed E-state index contributed by atoms with van der Waals surface area (Å²) in [4.78, 5) is 22.3. The van der Waals surface area contributed by atoms with Crippen LogP contribution in [0, 0.1) is 5.92 Å². The maximum absolute atomic E-state index is 11.3. The maximum atomic E-state index is 11.3. The highest BCUT2D eigenvalue weighted by Crippen LogP contribution is 2.17. The predicted molar refractivity (Wildman–Crippen MR) is 45.1 cm³/mol. The summed E-state index contributed by atoms with van der Waals surface area (Å²) < 4.78 is 4.71. The number of esters is 1. The Labute approximate surface area is 74.3 Å². The van der Waals surface area contributed by atoms with Gasteiger partial charge in [0.15, 0.2) is 0 Å². The van der Waals surface area contributed by atoms with Crippen molar-refractivity contribution in [3.63, 3.8) is 0 Å². The molecule has 66 valence electrons. The Balaban J connectivity index is 2.36. The number of carbonyl (C=O) groups is 2. The van der Waals surface area contributed by atoms with Crippen molar-refractivity contribution in [2.75, 3.05) is 6.61 Å².